The summed E-state index contributed by atoms with van der Waals surface area (Å²) in [5.41, 5.74) is 0.340. The predicted molar refractivity (Wildman–Crippen MR) is 34.5 cm³/mol. The number of nitrogens with zero attached hydrogens (tertiary/aromatic N) is 2. The molecule has 0 aliphatic heterocycles. The van der Waals surface area contributed by atoms with Crippen LogP contribution in [-0.2, 0) is 0 Å². The highest BCUT2D eigenvalue weighted by molar-refractivity contribution is 5.11. The summed E-state index contributed by atoms with van der Waals surface area (Å²) in [5, 5.41) is 11.0. The molecule has 0 fully saturated rings. The van der Waals surface area contributed by atoms with Crippen LogP contribution in [0.3, 0.4) is 0 Å². The molecule has 1 aromatic heterocycles. The van der Waals surface area contributed by atoms with Crippen molar-refractivity contribution < 1.29 is 0 Å². The molecule has 0 unspecified atom stereocenters. The van der Waals surface area contributed by atoms with E-state index in [0.29, 0.717) is 5.49 Å². The second kappa shape index (κ2) is 2.26. The van der Waals surface area contributed by atoms with Gasteiger partial charge >= 0.3 is 0 Å². The molecule has 1 rings (SSSR count). The smallest absolute Gasteiger partial charge is 0.145 e. The fraction of sp³-hybridized carbons (Fsp3) is 0. The van der Waals surface area contributed by atoms with Crippen molar-refractivity contribution in [1.82, 2.24) is 9.78 Å². The lowest BCUT2D eigenvalue weighted by Gasteiger charge is -1.92. The summed E-state index contributed by atoms with van der Waals surface area (Å²) < 4.78 is 1.39. The van der Waals surface area contributed by atoms with E-state index in [4.69, 9.17) is 5.41 Å². The van der Waals surface area contributed by atoms with Gasteiger partial charge in [-0.3, -0.25) is 5.41 Å². The highest BCUT2D eigenvalue weighted by Crippen LogP contribution is 1.72. The quantitative estimate of drug-likeness (QED) is 0.576. The highest BCUT2D eigenvalue weighted by Gasteiger charge is 1.79. The molecule has 1 aromatic rings. The summed E-state index contributed by atoms with van der Waals surface area (Å²) in [4.78, 5) is 0. The summed E-state index contributed by atoms with van der Waals surface area (Å²) in [5.74, 6) is 0. The first kappa shape index (κ1) is 5.75. The van der Waals surface area contributed by atoms with Crippen LogP contribution in [0.4, 0.5) is 0 Å². The average molecular weight is 121 g/mol. The van der Waals surface area contributed by atoms with E-state index in [1.165, 1.54) is 10.9 Å². The molecule has 9 heavy (non-hydrogen) atoms. The third kappa shape index (κ3) is 1.05. The molecule has 1 N–H and O–H groups in total. The van der Waals surface area contributed by atoms with Gasteiger partial charge in [-0.05, 0) is 12.1 Å². The monoisotopic (exact) mass is 121 g/mol. The second-order valence-electron chi connectivity index (χ2n) is 1.54. The van der Waals surface area contributed by atoms with Crippen LogP contribution < -0.4 is 5.49 Å². The first-order valence-electron chi connectivity index (χ1n) is 2.55. The maximum atomic E-state index is 7.20. The average Bonchev–Trinajstić information content (AvgIpc) is 1.89. The van der Waals surface area contributed by atoms with Crippen LogP contribution in [0.5, 0.6) is 0 Å². The van der Waals surface area contributed by atoms with Crippen molar-refractivity contribution in [2.75, 3.05) is 0 Å². The number of nitrogens with one attached hydrogen (secondary N) is 1. The van der Waals surface area contributed by atoms with E-state index in [1.807, 2.05) is 0 Å². The van der Waals surface area contributed by atoms with Crippen LogP contribution in [0.15, 0.2) is 24.9 Å². The lowest BCUT2D eigenvalue weighted by molar-refractivity contribution is 0.815. The minimum atomic E-state index is 0.340. The van der Waals surface area contributed by atoms with Gasteiger partial charge in [0.15, 0.2) is 0 Å². The Kier molecular flexibility index (Phi) is 1.44. The second-order valence-corrected chi connectivity index (χ2v) is 1.54. The van der Waals surface area contributed by atoms with E-state index >= 15 is 0 Å². The summed E-state index contributed by atoms with van der Waals surface area (Å²) >= 11 is 0. The maximum absolute atomic E-state index is 7.20. The van der Waals surface area contributed by atoms with Gasteiger partial charge in [0, 0.05) is 12.4 Å². The molecular weight excluding hydrogens is 114 g/mol. The Morgan fingerprint density at radius 1 is 1.78 bits per heavy atom. The van der Waals surface area contributed by atoms with Crippen LogP contribution >= 0.6 is 0 Å². The van der Waals surface area contributed by atoms with Crippen LogP contribution in [0.1, 0.15) is 0 Å². The standard InChI is InChI=1S/C6H7N3/c1-2-9-6(7)4-3-5-8-9/h2-5,7H,1H2. The van der Waals surface area contributed by atoms with Crippen molar-refractivity contribution in [3.8, 4) is 0 Å². The molecule has 0 bridgehead atoms. The molecule has 3 heteroatoms. The van der Waals surface area contributed by atoms with Gasteiger partial charge in [0.05, 0.1) is 0 Å². The van der Waals surface area contributed by atoms with E-state index in [2.05, 4.69) is 11.7 Å². The van der Waals surface area contributed by atoms with E-state index in [9.17, 15) is 0 Å². The van der Waals surface area contributed by atoms with Crippen molar-refractivity contribution in [3.05, 3.63) is 30.4 Å². The molecule has 0 aromatic carbocycles. The van der Waals surface area contributed by atoms with Gasteiger partial charge in [-0.1, -0.05) is 6.58 Å². The molecule has 0 aliphatic carbocycles. The van der Waals surface area contributed by atoms with Gasteiger partial charge in [-0.15, -0.1) is 0 Å². The molecular formula is C6H7N3. The van der Waals surface area contributed by atoms with E-state index in [1.54, 1.807) is 18.3 Å². The molecule has 0 aliphatic rings. The fourth-order valence-corrected chi connectivity index (χ4v) is 0.529. The molecule has 0 atom stereocenters. The third-order valence-electron chi connectivity index (χ3n) is 0.951. The van der Waals surface area contributed by atoms with Crippen LogP contribution in [-0.4, -0.2) is 9.78 Å². The van der Waals surface area contributed by atoms with Gasteiger partial charge in [0.1, 0.15) is 5.49 Å². The largest absolute Gasteiger partial charge is 0.283 e. The Labute approximate surface area is 52.8 Å². The van der Waals surface area contributed by atoms with E-state index in [0.717, 1.165) is 0 Å². The number of hydrogen-bond donors (Lipinski definition) is 1. The summed E-state index contributed by atoms with van der Waals surface area (Å²) in [6.45, 7) is 3.47. The fourth-order valence-electron chi connectivity index (χ4n) is 0.529. The lowest BCUT2D eigenvalue weighted by atomic mass is 10.6. The highest BCUT2D eigenvalue weighted by atomic mass is 15.2. The van der Waals surface area contributed by atoms with Crippen LogP contribution in [0, 0.1) is 5.41 Å². The minimum Gasteiger partial charge on any atom is -0.283 e. The van der Waals surface area contributed by atoms with E-state index in [-0.39, 0.29) is 0 Å². The van der Waals surface area contributed by atoms with Crippen molar-refractivity contribution >= 4 is 6.20 Å². The number of rotatable bonds is 1. The van der Waals surface area contributed by atoms with Crippen molar-refractivity contribution in [3.63, 3.8) is 0 Å². The van der Waals surface area contributed by atoms with Gasteiger partial charge in [0.25, 0.3) is 0 Å². The van der Waals surface area contributed by atoms with Gasteiger partial charge in [-0.25, -0.2) is 4.68 Å². The number of hydrogen-bond acceptors (Lipinski definition) is 2. The number of aromatic nitrogens is 2. The molecule has 0 amide bonds. The third-order valence-corrected chi connectivity index (χ3v) is 0.951. The Morgan fingerprint density at radius 3 is 3.00 bits per heavy atom. The summed E-state index contributed by atoms with van der Waals surface area (Å²) in [7, 11) is 0. The Bertz CT molecular complexity index is 261. The first-order chi connectivity index (χ1) is 4.34. The van der Waals surface area contributed by atoms with Crippen molar-refractivity contribution in [1.29, 1.82) is 5.41 Å². The zero-order valence-electron chi connectivity index (χ0n) is 4.91. The molecule has 0 spiro atoms. The zero-order chi connectivity index (χ0) is 6.69. The molecule has 1 heterocycles. The SMILES string of the molecule is C=Cn1ncccc1=N. The lowest BCUT2D eigenvalue weighted by Crippen LogP contribution is -2.15. The summed E-state index contributed by atoms with van der Waals surface area (Å²) in [6.07, 6.45) is 3.10. The molecule has 0 saturated carbocycles. The van der Waals surface area contributed by atoms with Gasteiger partial charge in [-0.2, -0.15) is 5.10 Å². The van der Waals surface area contributed by atoms with Crippen molar-refractivity contribution in [2.24, 2.45) is 0 Å². The first-order valence-corrected chi connectivity index (χ1v) is 2.55. The molecule has 46 valence electrons. The van der Waals surface area contributed by atoms with Crippen LogP contribution in [0.2, 0.25) is 0 Å². The molecule has 0 radical (unpaired) electrons. The Balaban J connectivity index is 3.32. The maximum Gasteiger partial charge on any atom is 0.145 e. The minimum absolute atomic E-state index is 0.340. The van der Waals surface area contributed by atoms with Gasteiger partial charge < -0.3 is 0 Å². The normalized spacial score (nSPS) is 8.89. The van der Waals surface area contributed by atoms with Crippen molar-refractivity contribution in [2.45, 2.75) is 0 Å². The van der Waals surface area contributed by atoms with Gasteiger partial charge in [0.2, 0.25) is 0 Å². The Hall–Kier alpha value is -1.38. The topological polar surface area (TPSA) is 41.7 Å². The molecule has 0 saturated heterocycles. The summed E-state index contributed by atoms with van der Waals surface area (Å²) in [6, 6.07) is 3.36. The molecule has 3 nitrogen and oxygen atoms in total. The zero-order valence-corrected chi connectivity index (χ0v) is 4.91. The van der Waals surface area contributed by atoms with Crippen LogP contribution in [0.25, 0.3) is 6.20 Å². The Morgan fingerprint density at radius 2 is 2.56 bits per heavy atom. The van der Waals surface area contributed by atoms with E-state index < -0.39 is 0 Å². The predicted octanol–water partition coefficient (Wildman–Crippen LogP) is 0.463.